The van der Waals surface area contributed by atoms with E-state index in [1.165, 1.54) is 0 Å². The Morgan fingerprint density at radius 2 is 1.69 bits per heavy atom. The van der Waals surface area contributed by atoms with Crippen LogP contribution in [0.2, 0.25) is 0 Å². The fraction of sp³-hybridized carbons (Fsp3) is 0.333. The third-order valence-electron chi connectivity index (χ3n) is 3.73. The fourth-order valence-electron chi connectivity index (χ4n) is 2.55. The van der Waals surface area contributed by atoms with E-state index in [2.05, 4.69) is 10.6 Å². The minimum Gasteiger partial charge on any atom is -0.362 e. The number of nitrogens with zero attached hydrogens (tertiary/aromatic N) is 1. The number of anilines is 2. The number of hydrogen-bond acceptors (Lipinski definition) is 3. The van der Waals surface area contributed by atoms with Gasteiger partial charge in [0, 0.05) is 29.0 Å². The quantitative estimate of drug-likeness (QED) is 0.833. The molecule has 26 heavy (non-hydrogen) atoms. The number of likely N-dealkylation sites (N-methyl/N-ethyl adjacent to an activating group) is 1. The maximum absolute atomic E-state index is 12.4. The molecule has 0 aliphatic carbocycles. The molecule has 5 nitrogen and oxygen atoms in total. The molecule has 2 rings (SSSR count). The zero-order valence-electron chi connectivity index (χ0n) is 15.9. The Bertz CT molecular complexity index is 751. The van der Waals surface area contributed by atoms with Gasteiger partial charge in [0.05, 0.1) is 6.54 Å². The van der Waals surface area contributed by atoms with Crippen LogP contribution in [0.15, 0.2) is 54.6 Å². The first-order chi connectivity index (χ1) is 12.3. The van der Waals surface area contributed by atoms with E-state index in [9.17, 15) is 9.59 Å². The zero-order chi connectivity index (χ0) is 19.2. The number of carbonyl (C=O) groups is 2. The molecule has 0 aromatic heterocycles. The van der Waals surface area contributed by atoms with Gasteiger partial charge in [0.15, 0.2) is 0 Å². The molecular formula is C21H27N3O2. The Morgan fingerprint density at radius 1 is 1.00 bits per heavy atom. The molecule has 0 bridgehead atoms. The van der Waals surface area contributed by atoms with E-state index in [1.807, 2.05) is 62.9 Å². The third kappa shape index (κ3) is 5.92. The maximum atomic E-state index is 12.4. The topological polar surface area (TPSA) is 61.4 Å². The Hall–Kier alpha value is -2.82. The van der Waals surface area contributed by atoms with Crippen LogP contribution in [0, 0.1) is 0 Å². The first kappa shape index (κ1) is 19.5. The van der Waals surface area contributed by atoms with Crippen molar-refractivity contribution < 1.29 is 9.59 Å². The summed E-state index contributed by atoms with van der Waals surface area (Å²) >= 11 is 0. The minimum atomic E-state index is -0.312. The summed E-state index contributed by atoms with van der Waals surface area (Å²) in [5.74, 6) is -0.280. The number of amides is 2. The smallest absolute Gasteiger partial charge is 0.251 e. The number of para-hydroxylation sites is 1. The van der Waals surface area contributed by atoms with Crippen molar-refractivity contribution in [2.75, 3.05) is 23.3 Å². The second kappa shape index (κ2) is 8.52. The molecule has 2 amide bonds. The molecule has 0 fully saturated rings. The first-order valence-electron chi connectivity index (χ1n) is 8.81. The number of carbonyl (C=O) groups excluding carboxylic acids is 2. The first-order valence-corrected chi connectivity index (χ1v) is 8.81. The van der Waals surface area contributed by atoms with Gasteiger partial charge >= 0.3 is 0 Å². The van der Waals surface area contributed by atoms with Crippen LogP contribution in [-0.4, -0.2) is 30.4 Å². The van der Waals surface area contributed by atoms with Crippen LogP contribution in [0.25, 0.3) is 0 Å². The van der Waals surface area contributed by atoms with E-state index >= 15 is 0 Å². The van der Waals surface area contributed by atoms with E-state index in [1.54, 1.807) is 24.3 Å². The molecule has 0 heterocycles. The predicted octanol–water partition coefficient (Wildman–Crippen LogP) is 3.68. The Kier molecular flexibility index (Phi) is 6.39. The Balaban J connectivity index is 2.03. The van der Waals surface area contributed by atoms with Crippen LogP contribution in [0.4, 0.5) is 11.4 Å². The fourth-order valence-corrected chi connectivity index (χ4v) is 2.55. The van der Waals surface area contributed by atoms with Gasteiger partial charge in [0.1, 0.15) is 0 Å². The highest BCUT2D eigenvalue weighted by Crippen LogP contribution is 2.15. The third-order valence-corrected chi connectivity index (χ3v) is 3.73. The summed E-state index contributed by atoms with van der Waals surface area (Å²) in [6, 6.07) is 16.8. The Labute approximate surface area is 155 Å². The minimum absolute atomic E-state index is 0.121. The second-order valence-corrected chi connectivity index (χ2v) is 7.18. The largest absolute Gasteiger partial charge is 0.362 e. The number of hydrogen-bond donors (Lipinski definition) is 2. The molecule has 0 atom stereocenters. The van der Waals surface area contributed by atoms with Crippen molar-refractivity contribution in [1.29, 1.82) is 0 Å². The summed E-state index contributed by atoms with van der Waals surface area (Å²) in [4.78, 5) is 26.7. The highest BCUT2D eigenvalue weighted by atomic mass is 16.2. The van der Waals surface area contributed by atoms with Gasteiger partial charge in [-0.25, -0.2) is 0 Å². The summed E-state index contributed by atoms with van der Waals surface area (Å²) in [6.07, 6.45) is 0. The average molecular weight is 353 g/mol. The van der Waals surface area contributed by atoms with E-state index in [4.69, 9.17) is 0 Å². The van der Waals surface area contributed by atoms with E-state index in [0.717, 1.165) is 12.2 Å². The molecule has 0 unspecified atom stereocenters. The van der Waals surface area contributed by atoms with Gasteiger partial charge in [-0.1, -0.05) is 24.3 Å². The molecule has 0 aliphatic heterocycles. The van der Waals surface area contributed by atoms with Gasteiger partial charge in [-0.3, -0.25) is 9.59 Å². The normalized spacial score (nSPS) is 10.9. The van der Waals surface area contributed by atoms with Crippen LogP contribution in [0.1, 0.15) is 38.1 Å². The van der Waals surface area contributed by atoms with Crippen LogP contribution < -0.4 is 15.5 Å². The number of rotatable bonds is 6. The van der Waals surface area contributed by atoms with Crippen LogP contribution in [0.5, 0.6) is 0 Å². The van der Waals surface area contributed by atoms with Crippen molar-refractivity contribution in [3.8, 4) is 0 Å². The average Bonchev–Trinajstić information content (AvgIpc) is 2.59. The SMILES string of the molecule is CCN(CC(=O)Nc1cccc(C(=O)NC(C)(C)C)c1)c1ccccc1. The van der Waals surface area contributed by atoms with Crippen LogP contribution >= 0.6 is 0 Å². The molecule has 2 aromatic rings. The standard InChI is InChI=1S/C21H27N3O2/c1-5-24(18-12-7-6-8-13-18)15-19(25)22-17-11-9-10-16(14-17)20(26)23-21(2,3)4/h6-14H,5,15H2,1-4H3,(H,22,25)(H,23,26). The lowest BCUT2D eigenvalue weighted by molar-refractivity contribution is -0.115. The Morgan fingerprint density at radius 3 is 2.31 bits per heavy atom. The zero-order valence-corrected chi connectivity index (χ0v) is 15.9. The van der Waals surface area contributed by atoms with Gasteiger partial charge in [-0.05, 0) is 58.0 Å². The van der Waals surface area contributed by atoms with Crippen molar-refractivity contribution in [3.63, 3.8) is 0 Å². The molecule has 2 N–H and O–H groups in total. The summed E-state index contributed by atoms with van der Waals surface area (Å²) in [5.41, 5.74) is 1.82. The van der Waals surface area contributed by atoms with Crippen molar-refractivity contribution >= 4 is 23.2 Å². The highest BCUT2D eigenvalue weighted by molar-refractivity contribution is 5.98. The summed E-state index contributed by atoms with van der Waals surface area (Å²) in [5, 5.41) is 5.79. The molecule has 138 valence electrons. The molecule has 0 spiro atoms. The lowest BCUT2D eigenvalue weighted by Crippen LogP contribution is -2.40. The molecule has 5 heteroatoms. The summed E-state index contributed by atoms with van der Waals surface area (Å²) in [6.45, 7) is 8.78. The summed E-state index contributed by atoms with van der Waals surface area (Å²) < 4.78 is 0. The van der Waals surface area contributed by atoms with Gasteiger partial charge < -0.3 is 15.5 Å². The van der Waals surface area contributed by atoms with Gasteiger partial charge in [-0.15, -0.1) is 0 Å². The van der Waals surface area contributed by atoms with Crippen molar-refractivity contribution in [2.24, 2.45) is 0 Å². The second-order valence-electron chi connectivity index (χ2n) is 7.18. The van der Waals surface area contributed by atoms with Crippen molar-refractivity contribution in [1.82, 2.24) is 5.32 Å². The van der Waals surface area contributed by atoms with Gasteiger partial charge in [0.25, 0.3) is 5.91 Å². The monoisotopic (exact) mass is 353 g/mol. The van der Waals surface area contributed by atoms with Gasteiger partial charge in [-0.2, -0.15) is 0 Å². The molecular weight excluding hydrogens is 326 g/mol. The van der Waals surface area contributed by atoms with E-state index in [-0.39, 0.29) is 23.9 Å². The molecule has 0 radical (unpaired) electrons. The molecule has 0 saturated heterocycles. The summed E-state index contributed by atoms with van der Waals surface area (Å²) in [7, 11) is 0. The number of benzene rings is 2. The highest BCUT2D eigenvalue weighted by Gasteiger charge is 2.16. The number of nitrogens with one attached hydrogen (secondary N) is 2. The van der Waals surface area contributed by atoms with Crippen LogP contribution in [-0.2, 0) is 4.79 Å². The van der Waals surface area contributed by atoms with Crippen LogP contribution in [0.3, 0.4) is 0 Å². The molecule has 0 aliphatic rings. The van der Waals surface area contributed by atoms with Crippen molar-refractivity contribution in [2.45, 2.75) is 33.2 Å². The lowest BCUT2D eigenvalue weighted by Gasteiger charge is -2.22. The lowest BCUT2D eigenvalue weighted by atomic mass is 10.1. The van der Waals surface area contributed by atoms with E-state index in [0.29, 0.717) is 11.3 Å². The van der Waals surface area contributed by atoms with Crippen molar-refractivity contribution in [3.05, 3.63) is 60.2 Å². The van der Waals surface area contributed by atoms with E-state index < -0.39 is 0 Å². The van der Waals surface area contributed by atoms with Gasteiger partial charge in [0.2, 0.25) is 5.91 Å². The molecule has 0 saturated carbocycles. The molecule has 2 aromatic carbocycles. The predicted molar refractivity (Wildman–Crippen MR) is 107 cm³/mol. The maximum Gasteiger partial charge on any atom is 0.251 e.